The van der Waals surface area contributed by atoms with E-state index in [1.54, 1.807) is 48.9 Å². The van der Waals surface area contributed by atoms with Gasteiger partial charge < -0.3 is 18.9 Å². The topological polar surface area (TPSA) is 95.5 Å². The maximum absolute atomic E-state index is 12.5. The molecule has 0 fully saturated rings. The van der Waals surface area contributed by atoms with Gasteiger partial charge in [0.2, 0.25) is 0 Å². The van der Waals surface area contributed by atoms with E-state index in [0.29, 0.717) is 34.2 Å². The van der Waals surface area contributed by atoms with Crippen molar-refractivity contribution in [3.8, 4) is 23.0 Å². The average Bonchev–Trinajstić information content (AvgIpc) is 2.72. The van der Waals surface area contributed by atoms with Crippen LogP contribution >= 0.6 is 0 Å². The van der Waals surface area contributed by atoms with Crippen molar-refractivity contribution >= 4 is 22.6 Å². The van der Waals surface area contributed by atoms with Crippen LogP contribution < -0.4 is 24.4 Å². The first kappa shape index (κ1) is 21.2. The number of hydrogen-bond donors (Lipinski definition) is 1. The number of benzene rings is 2. The van der Waals surface area contributed by atoms with Gasteiger partial charge in [0.25, 0.3) is 0 Å². The molecule has 1 unspecified atom stereocenters. The number of nitroso groups, excluding NO2 is 1. The fraction of sp³-hybridized carbons (Fsp3) is 0.263. The van der Waals surface area contributed by atoms with E-state index in [-0.39, 0.29) is 5.75 Å². The quantitative estimate of drug-likeness (QED) is 0.474. The summed E-state index contributed by atoms with van der Waals surface area (Å²) in [4.78, 5) is 10.5. The largest absolute Gasteiger partial charge is 0.496 e. The summed E-state index contributed by atoms with van der Waals surface area (Å²) < 4.78 is 33.6. The maximum atomic E-state index is 12.5. The van der Waals surface area contributed by atoms with E-state index in [2.05, 4.69) is 10.7 Å². The molecule has 2 aromatic rings. The van der Waals surface area contributed by atoms with Gasteiger partial charge in [0.15, 0.2) is 0 Å². The van der Waals surface area contributed by atoms with Gasteiger partial charge in [-0.25, -0.2) is 5.43 Å². The van der Waals surface area contributed by atoms with Gasteiger partial charge >= 0.3 is 0 Å². The van der Waals surface area contributed by atoms with Crippen molar-refractivity contribution in [2.24, 2.45) is 5.29 Å². The highest BCUT2D eigenvalue weighted by molar-refractivity contribution is 7.87. The molecule has 0 aromatic heterocycles. The molecule has 0 radical (unpaired) electrons. The van der Waals surface area contributed by atoms with Crippen LogP contribution in [0.3, 0.4) is 0 Å². The van der Waals surface area contributed by atoms with Crippen molar-refractivity contribution < 1.29 is 23.2 Å². The summed E-state index contributed by atoms with van der Waals surface area (Å²) in [6.07, 6.45) is 1.68. The highest BCUT2D eigenvalue weighted by Gasteiger charge is 2.12. The average molecular weight is 406 g/mol. The van der Waals surface area contributed by atoms with E-state index >= 15 is 0 Å². The Morgan fingerprint density at radius 1 is 0.964 bits per heavy atom. The lowest BCUT2D eigenvalue weighted by Gasteiger charge is -2.12. The molecule has 150 valence electrons. The number of nitrogens with zero attached hydrogens (tertiary/aromatic N) is 1. The predicted octanol–water partition coefficient (Wildman–Crippen LogP) is 3.73. The minimum absolute atomic E-state index is 0.245. The van der Waals surface area contributed by atoms with Gasteiger partial charge in [0.1, 0.15) is 28.7 Å². The lowest BCUT2D eigenvalue weighted by Crippen LogP contribution is -1.97. The Bertz CT molecular complexity index is 860. The van der Waals surface area contributed by atoms with Crippen LogP contribution in [0.25, 0.3) is 6.08 Å². The van der Waals surface area contributed by atoms with Crippen molar-refractivity contribution in [2.45, 2.75) is 5.75 Å². The fourth-order valence-electron chi connectivity index (χ4n) is 2.53. The van der Waals surface area contributed by atoms with Gasteiger partial charge in [0, 0.05) is 17.5 Å². The number of hydrogen-bond acceptors (Lipinski definition) is 7. The summed E-state index contributed by atoms with van der Waals surface area (Å²) in [6.45, 7) is 0. The molecule has 8 nitrogen and oxygen atoms in total. The Morgan fingerprint density at radius 2 is 1.61 bits per heavy atom. The summed E-state index contributed by atoms with van der Waals surface area (Å²) in [6, 6.07) is 8.56. The number of ether oxygens (including phenoxy) is 4. The molecule has 0 saturated heterocycles. The zero-order chi connectivity index (χ0) is 20.5. The molecule has 0 bridgehead atoms. The highest BCUT2D eigenvalue weighted by atomic mass is 32.2. The van der Waals surface area contributed by atoms with Crippen molar-refractivity contribution in [1.82, 2.24) is 0 Å². The molecule has 0 amide bonds. The number of methoxy groups -OCH3 is 4. The number of anilines is 1. The molecule has 9 heteroatoms. The van der Waals surface area contributed by atoms with E-state index in [9.17, 15) is 9.12 Å². The van der Waals surface area contributed by atoms with Crippen LogP contribution in [0.1, 0.15) is 11.1 Å². The fourth-order valence-corrected chi connectivity index (χ4v) is 3.43. The molecule has 0 aliphatic heterocycles. The van der Waals surface area contributed by atoms with Crippen LogP contribution in [0.5, 0.6) is 23.0 Å². The molecular formula is C19H22N2O6S. The van der Waals surface area contributed by atoms with Crippen molar-refractivity contribution in [1.29, 1.82) is 0 Å². The van der Waals surface area contributed by atoms with Gasteiger partial charge in [-0.2, -0.15) is 0 Å². The molecule has 1 atom stereocenters. The molecule has 1 N–H and O–H groups in total. The lowest BCUT2D eigenvalue weighted by atomic mass is 10.1. The van der Waals surface area contributed by atoms with Crippen LogP contribution in [0.2, 0.25) is 0 Å². The smallest absolute Gasteiger partial charge is 0.143 e. The van der Waals surface area contributed by atoms with Crippen LogP contribution in [0.4, 0.5) is 5.69 Å². The Labute approximate surface area is 165 Å². The first-order valence-electron chi connectivity index (χ1n) is 8.17. The van der Waals surface area contributed by atoms with Crippen LogP contribution in [0, 0.1) is 4.91 Å². The molecule has 0 saturated carbocycles. The zero-order valence-electron chi connectivity index (χ0n) is 16.1. The maximum Gasteiger partial charge on any atom is 0.143 e. The zero-order valence-corrected chi connectivity index (χ0v) is 16.9. The van der Waals surface area contributed by atoms with Gasteiger partial charge in [-0.3, -0.25) is 4.21 Å². The molecular weight excluding hydrogens is 384 g/mol. The van der Waals surface area contributed by atoms with E-state index in [0.717, 1.165) is 5.56 Å². The number of nitrogens with one attached hydrogen (secondary N) is 1. The summed E-state index contributed by atoms with van der Waals surface area (Å²) in [7, 11) is 4.79. The summed E-state index contributed by atoms with van der Waals surface area (Å²) in [5.74, 6) is 2.38. The van der Waals surface area contributed by atoms with Gasteiger partial charge in [-0.15, -0.1) is 4.91 Å². The van der Waals surface area contributed by atoms with E-state index < -0.39 is 10.8 Å². The Morgan fingerprint density at radius 3 is 2.14 bits per heavy atom. The van der Waals surface area contributed by atoms with Crippen molar-refractivity contribution in [3.63, 3.8) is 0 Å². The second kappa shape index (κ2) is 10.3. The molecule has 2 rings (SSSR count). The number of rotatable bonds is 10. The first-order valence-corrected chi connectivity index (χ1v) is 9.55. The predicted molar refractivity (Wildman–Crippen MR) is 109 cm³/mol. The van der Waals surface area contributed by atoms with Crippen LogP contribution in [-0.2, 0) is 16.6 Å². The molecule has 28 heavy (non-hydrogen) atoms. The second-order valence-electron chi connectivity index (χ2n) is 5.51. The Balaban J connectivity index is 2.22. The van der Waals surface area contributed by atoms with E-state index in [1.165, 1.54) is 21.3 Å². The van der Waals surface area contributed by atoms with Crippen LogP contribution in [-0.4, -0.2) is 32.6 Å². The van der Waals surface area contributed by atoms with Gasteiger partial charge in [-0.05, 0) is 23.8 Å². The Kier molecular flexibility index (Phi) is 7.82. The SMILES string of the molecule is COc1cc(OC)c(C=CS(=O)Cc2ccc(OC)c(NN=O)c2)c(OC)c1. The lowest BCUT2D eigenvalue weighted by molar-refractivity contribution is 0.374. The summed E-state index contributed by atoms with van der Waals surface area (Å²) in [5.41, 5.74) is 4.14. The molecule has 2 aromatic carbocycles. The van der Waals surface area contributed by atoms with E-state index in [4.69, 9.17) is 18.9 Å². The molecule has 0 aliphatic carbocycles. The first-order chi connectivity index (χ1) is 13.6. The normalized spacial score (nSPS) is 11.7. The summed E-state index contributed by atoms with van der Waals surface area (Å²) >= 11 is 0. The van der Waals surface area contributed by atoms with Crippen LogP contribution in [0.15, 0.2) is 41.0 Å². The summed E-state index contributed by atoms with van der Waals surface area (Å²) in [5, 5.41) is 4.21. The molecule has 0 heterocycles. The highest BCUT2D eigenvalue weighted by Crippen LogP contribution is 2.35. The minimum atomic E-state index is -1.32. The monoisotopic (exact) mass is 406 g/mol. The van der Waals surface area contributed by atoms with E-state index in [1.807, 2.05) is 0 Å². The second-order valence-corrected chi connectivity index (χ2v) is 6.83. The third-order valence-corrected chi connectivity index (χ3v) is 4.94. The van der Waals surface area contributed by atoms with Gasteiger partial charge in [-0.1, -0.05) is 6.07 Å². The molecule has 0 spiro atoms. The minimum Gasteiger partial charge on any atom is -0.496 e. The van der Waals surface area contributed by atoms with Crippen molar-refractivity contribution in [3.05, 3.63) is 51.8 Å². The standard InChI is InChI=1S/C19H22N2O6S/c1-24-14-10-18(26-3)15(19(11-14)27-4)7-8-28(23)12-13-5-6-17(25-2)16(9-13)20-21-22/h5-11H,12H2,1-4H3,(H,20,22). The Hall–Kier alpha value is -3.07. The van der Waals surface area contributed by atoms with Gasteiger partial charge in [0.05, 0.1) is 55.8 Å². The van der Waals surface area contributed by atoms with Crippen molar-refractivity contribution in [2.75, 3.05) is 33.9 Å². The third kappa shape index (κ3) is 5.23. The molecule has 0 aliphatic rings. The third-order valence-electron chi connectivity index (χ3n) is 3.88.